The predicted octanol–water partition coefficient (Wildman–Crippen LogP) is 2.80. The average Bonchev–Trinajstić information content (AvgIpc) is 2.76. The lowest BCUT2D eigenvalue weighted by molar-refractivity contribution is -0.137. The minimum Gasteiger partial charge on any atom is -0.481 e. The van der Waals surface area contributed by atoms with Crippen molar-refractivity contribution >= 4 is 5.97 Å². The maximum absolute atomic E-state index is 10.6. The highest BCUT2D eigenvalue weighted by Crippen LogP contribution is 2.25. The Hall–Kier alpha value is -2.14. The molecule has 0 fully saturated rings. The third kappa shape index (κ3) is 3.95. The van der Waals surface area contributed by atoms with Crippen LogP contribution in [0.3, 0.4) is 0 Å². The molecular formula is C17H23N3O2. The molecular weight excluding hydrogens is 278 g/mol. The Morgan fingerprint density at radius 2 is 2.23 bits per heavy atom. The Bertz CT molecular complexity index is 635. The minimum absolute atomic E-state index is 0.117. The second kappa shape index (κ2) is 7.22. The van der Waals surface area contributed by atoms with Crippen LogP contribution in [0.4, 0.5) is 0 Å². The highest BCUT2D eigenvalue weighted by atomic mass is 16.4. The quantitative estimate of drug-likeness (QED) is 0.824. The SMILES string of the molecule is Cc1cc([C@@H](N)CCCC(=O)O)c(C)n1Cc1cccnc1. The van der Waals surface area contributed by atoms with Crippen molar-refractivity contribution in [2.75, 3.05) is 0 Å². The molecule has 0 saturated heterocycles. The van der Waals surface area contributed by atoms with Crippen molar-refractivity contribution in [1.82, 2.24) is 9.55 Å². The number of aliphatic carboxylic acids is 1. The molecule has 0 radical (unpaired) electrons. The normalized spacial score (nSPS) is 12.3. The lowest BCUT2D eigenvalue weighted by Crippen LogP contribution is -2.12. The van der Waals surface area contributed by atoms with Crippen LogP contribution in [0.25, 0.3) is 0 Å². The lowest BCUT2D eigenvalue weighted by Gasteiger charge is -2.13. The molecule has 2 aromatic heterocycles. The zero-order valence-electron chi connectivity index (χ0n) is 13.1. The number of hydrogen-bond acceptors (Lipinski definition) is 3. The first-order valence-electron chi connectivity index (χ1n) is 7.52. The molecule has 0 saturated carbocycles. The van der Waals surface area contributed by atoms with Gasteiger partial charge in [-0.2, -0.15) is 0 Å². The molecule has 2 aromatic rings. The zero-order valence-corrected chi connectivity index (χ0v) is 13.1. The van der Waals surface area contributed by atoms with Gasteiger partial charge in [0.1, 0.15) is 0 Å². The van der Waals surface area contributed by atoms with E-state index in [4.69, 9.17) is 10.8 Å². The van der Waals surface area contributed by atoms with Gasteiger partial charge in [-0.1, -0.05) is 6.07 Å². The van der Waals surface area contributed by atoms with Crippen LogP contribution in [0.5, 0.6) is 0 Å². The number of nitrogens with two attached hydrogens (primary N) is 1. The summed E-state index contributed by atoms with van der Waals surface area (Å²) in [5, 5.41) is 8.71. The molecule has 0 aliphatic rings. The number of hydrogen-bond donors (Lipinski definition) is 2. The molecule has 5 heteroatoms. The van der Waals surface area contributed by atoms with Crippen LogP contribution in [0.1, 0.15) is 47.8 Å². The summed E-state index contributed by atoms with van der Waals surface area (Å²) in [6.07, 6.45) is 5.09. The van der Waals surface area contributed by atoms with Gasteiger partial charge < -0.3 is 15.4 Å². The summed E-state index contributed by atoms with van der Waals surface area (Å²) in [4.78, 5) is 14.7. The van der Waals surface area contributed by atoms with E-state index in [0.29, 0.717) is 12.8 Å². The molecule has 2 rings (SSSR count). The Morgan fingerprint density at radius 3 is 2.86 bits per heavy atom. The maximum Gasteiger partial charge on any atom is 0.303 e. The van der Waals surface area contributed by atoms with Gasteiger partial charge in [0.15, 0.2) is 0 Å². The molecule has 5 nitrogen and oxygen atoms in total. The molecule has 1 atom stereocenters. The van der Waals surface area contributed by atoms with Crippen molar-refractivity contribution in [3.8, 4) is 0 Å². The number of aromatic nitrogens is 2. The van der Waals surface area contributed by atoms with Crippen molar-refractivity contribution in [3.63, 3.8) is 0 Å². The summed E-state index contributed by atoms with van der Waals surface area (Å²) in [6.45, 7) is 4.90. The highest BCUT2D eigenvalue weighted by molar-refractivity contribution is 5.66. The molecule has 0 spiro atoms. The van der Waals surface area contributed by atoms with Gasteiger partial charge in [-0.05, 0) is 49.9 Å². The Kier molecular flexibility index (Phi) is 5.33. The van der Waals surface area contributed by atoms with Crippen LogP contribution in [0.2, 0.25) is 0 Å². The molecule has 0 aromatic carbocycles. The fourth-order valence-electron chi connectivity index (χ4n) is 2.75. The lowest BCUT2D eigenvalue weighted by atomic mass is 10.0. The largest absolute Gasteiger partial charge is 0.481 e. The van der Waals surface area contributed by atoms with E-state index < -0.39 is 5.97 Å². The smallest absolute Gasteiger partial charge is 0.303 e. The molecule has 0 amide bonds. The summed E-state index contributed by atoms with van der Waals surface area (Å²) in [5.74, 6) is -0.769. The number of rotatable bonds is 7. The predicted molar refractivity (Wildman–Crippen MR) is 85.7 cm³/mol. The van der Waals surface area contributed by atoms with E-state index in [-0.39, 0.29) is 12.5 Å². The van der Waals surface area contributed by atoms with Crippen molar-refractivity contribution in [2.45, 2.75) is 45.7 Å². The summed E-state index contributed by atoms with van der Waals surface area (Å²) in [6, 6.07) is 5.98. The maximum atomic E-state index is 10.6. The third-order valence-corrected chi connectivity index (χ3v) is 3.98. The van der Waals surface area contributed by atoms with Gasteiger partial charge in [-0.3, -0.25) is 9.78 Å². The summed E-state index contributed by atoms with van der Waals surface area (Å²) < 4.78 is 2.23. The highest BCUT2D eigenvalue weighted by Gasteiger charge is 2.15. The number of pyridine rings is 1. The van der Waals surface area contributed by atoms with Crippen molar-refractivity contribution < 1.29 is 9.90 Å². The third-order valence-electron chi connectivity index (χ3n) is 3.98. The molecule has 22 heavy (non-hydrogen) atoms. The minimum atomic E-state index is -0.769. The zero-order chi connectivity index (χ0) is 16.1. The number of carboxylic acid groups (broad SMARTS) is 1. The standard InChI is InChI=1S/C17H23N3O2/c1-12-9-15(16(18)6-3-7-17(21)22)13(2)20(12)11-14-5-4-8-19-10-14/h4-5,8-10,16H,3,6-7,11,18H2,1-2H3,(H,21,22)/t16-/m0/s1. The molecule has 118 valence electrons. The number of nitrogens with zero attached hydrogens (tertiary/aromatic N) is 2. The first-order valence-corrected chi connectivity index (χ1v) is 7.52. The van der Waals surface area contributed by atoms with Crippen LogP contribution in [0.15, 0.2) is 30.6 Å². The molecule has 0 aliphatic carbocycles. The fraction of sp³-hybridized carbons (Fsp3) is 0.412. The van der Waals surface area contributed by atoms with Gasteiger partial charge in [0.25, 0.3) is 0 Å². The second-order valence-electron chi connectivity index (χ2n) is 5.67. The first-order chi connectivity index (χ1) is 10.5. The van der Waals surface area contributed by atoms with E-state index >= 15 is 0 Å². The number of carboxylic acids is 1. The van der Waals surface area contributed by atoms with E-state index in [1.807, 2.05) is 12.3 Å². The Morgan fingerprint density at radius 1 is 1.45 bits per heavy atom. The van der Waals surface area contributed by atoms with Crippen LogP contribution >= 0.6 is 0 Å². The van der Waals surface area contributed by atoms with Crippen molar-refractivity contribution in [2.24, 2.45) is 5.73 Å². The van der Waals surface area contributed by atoms with E-state index in [1.165, 1.54) is 0 Å². The van der Waals surface area contributed by atoms with Gasteiger partial charge >= 0.3 is 5.97 Å². The molecule has 0 aliphatic heterocycles. The van der Waals surface area contributed by atoms with Crippen molar-refractivity contribution in [1.29, 1.82) is 0 Å². The first kappa shape index (κ1) is 16.2. The van der Waals surface area contributed by atoms with Crippen LogP contribution in [-0.2, 0) is 11.3 Å². The van der Waals surface area contributed by atoms with Crippen LogP contribution in [-0.4, -0.2) is 20.6 Å². The topological polar surface area (TPSA) is 81.1 Å². The molecule has 0 bridgehead atoms. The summed E-state index contributed by atoms with van der Waals surface area (Å²) >= 11 is 0. The van der Waals surface area contributed by atoms with Gasteiger partial charge in [0, 0.05) is 42.8 Å². The molecule has 3 N–H and O–H groups in total. The van der Waals surface area contributed by atoms with Gasteiger partial charge in [-0.25, -0.2) is 0 Å². The summed E-state index contributed by atoms with van der Waals surface area (Å²) in [5.41, 5.74) is 10.8. The van der Waals surface area contributed by atoms with E-state index in [1.54, 1.807) is 6.20 Å². The van der Waals surface area contributed by atoms with Gasteiger partial charge in [-0.15, -0.1) is 0 Å². The molecule has 2 heterocycles. The van der Waals surface area contributed by atoms with Crippen LogP contribution in [0, 0.1) is 13.8 Å². The number of aryl methyl sites for hydroxylation is 1. The summed E-state index contributed by atoms with van der Waals surface area (Å²) in [7, 11) is 0. The average molecular weight is 301 g/mol. The van der Waals surface area contributed by atoms with Crippen molar-refractivity contribution in [3.05, 3.63) is 53.1 Å². The van der Waals surface area contributed by atoms with Gasteiger partial charge in [0.05, 0.1) is 0 Å². The Balaban J connectivity index is 2.11. The van der Waals surface area contributed by atoms with E-state index in [2.05, 4.69) is 35.5 Å². The van der Waals surface area contributed by atoms with Crippen LogP contribution < -0.4 is 5.73 Å². The van der Waals surface area contributed by atoms with E-state index in [0.717, 1.165) is 29.1 Å². The van der Waals surface area contributed by atoms with E-state index in [9.17, 15) is 4.79 Å². The monoisotopic (exact) mass is 301 g/mol. The number of carbonyl (C=O) groups is 1. The molecule has 0 unspecified atom stereocenters. The Labute approximate surface area is 130 Å². The second-order valence-corrected chi connectivity index (χ2v) is 5.67. The van der Waals surface area contributed by atoms with Gasteiger partial charge in [0.2, 0.25) is 0 Å². The fourth-order valence-corrected chi connectivity index (χ4v) is 2.75.